The van der Waals surface area contributed by atoms with Crippen LogP contribution in [0.25, 0.3) is 0 Å². The number of unbranched alkanes of at least 4 members (excludes halogenated alkanes) is 23. The van der Waals surface area contributed by atoms with Crippen molar-refractivity contribution < 1.29 is 19.5 Å². The van der Waals surface area contributed by atoms with Gasteiger partial charge >= 0.3 is 5.97 Å². The lowest BCUT2D eigenvalue weighted by molar-refractivity contribution is -0.138. The number of aliphatic carboxylic acids is 1. The second-order valence-electron chi connectivity index (χ2n) is 13.6. The molecule has 0 fully saturated rings. The standard InChI is InChI=1S/C41H76N2O4/c1-3-5-7-9-11-13-15-17-19-21-23-25-27-29-31-33-37-42-41(47)38(35-36-40(45)46)43-39(44)34-32-30-28-26-24-22-20-18-16-14-12-10-8-6-4-2/h18-21,38H,3-17,22-37H2,1-2H3,(H,42,47)(H,43,44)(H,45,46)/b20-18-,21-19-. The number of amides is 2. The third-order valence-electron chi connectivity index (χ3n) is 8.95. The molecule has 1 atom stereocenters. The highest BCUT2D eigenvalue weighted by Crippen LogP contribution is 2.12. The Kier molecular flexibility index (Phi) is 35.1. The average molecular weight is 661 g/mol. The van der Waals surface area contributed by atoms with E-state index in [9.17, 15) is 14.4 Å². The summed E-state index contributed by atoms with van der Waals surface area (Å²) < 4.78 is 0. The maximum absolute atomic E-state index is 12.7. The van der Waals surface area contributed by atoms with Gasteiger partial charge in [-0.2, -0.15) is 0 Å². The fourth-order valence-electron chi connectivity index (χ4n) is 5.87. The third kappa shape index (κ3) is 35.0. The molecule has 0 aromatic carbocycles. The molecule has 0 bridgehead atoms. The molecule has 2 amide bonds. The summed E-state index contributed by atoms with van der Waals surface area (Å²) in [5, 5.41) is 14.8. The number of nitrogens with one attached hydrogen (secondary N) is 2. The molecule has 274 valence electrons. The molecule has 0 aliphatic heterocycles. The van der Waals surface area contributed by atoms with Gasteiger partial charge in [0.05, 0.1) is 0 Å². The minimum Gasteiger partial charge on any atom is -0.481 e. The van der Waals surface area contributed by atoms with Crippen LogP contribution in [0.1, 0.15) is 206 Å². The molecule has 0 aromatic heterocycles. The minimum absolute atomic E-state index is 0.117. The van der Waals surface area contributed by atoms with E-state index in [1.807, 2.05) is 0 Å². The highest BCUT2D eigenvalue weighted by molar-refractivity contribution is 5.87. The molecule has 0 aliphatic carbocycles. The Morgan fingerprint density at radius 3 is 1.32 bits per heavy atom. The van der Waals surface area contributed by atoms with Crippen LogP contribution in [0.5, 0.6) is 0 Å². The largest absolute Gasteiger partial charge is 0.481 e. The first kappa shape index (κ1) is 44.9. The normalized spacial score (nSPS) is 12.2. The molecule has 0 radical (unpaired) electrons. The van der Waals surface area contributed by atoms with E-state index >= 15 is 0 Å². The van der Waals surface area contributed by atoms with Crippen LogP contribution in [-0.2, 0) is 14.4 Å². The number of hydrogen-bond acceptors (Lipinski definition) is 3. The van der Waals surface area contributed by atoms with Crippen molar-refractivity contribution in [2.24, 2.45) is 0 Å². The van der Waals surface area contributed by atoms with E-state index in [1.165, 1.54) is 122 Å². The maximum Gasteiger partial charge on any atom is 0.303 e. The first-order valence-electron chi connectivity index (χ1n) is 20.1. The van der Waals surface area contributed by atoms with Crippen LogP contribution < -0.4 is 10.6 Å². The van der Waals surface area contributed by atoms with E-state index < -0.39 is 12.0 Å². The van der Waals surface area contributed by atoms with E-state index in [0.29, 0.717) is 13.0 Å². The number of carbonyl (C=O) groups is 3. The van der Waals surface area contributed by atoms with Crippen LogP contribution in [0.15, 0.2) is 24.3 Å². The summed E-state index contributed by atoms with van der Waals surface area (Å²) in [5.74, 6) is -1.39. The molecule has 6 heteroatoms. The van der Waals surface area contributed by atoms with Crippen molar-refractivity contribution in [3.8, 4) is 0 Å². The Hall–Kier alpha value is -2.11. The molecule has 0 saturated carbocycles. The molecule has 0 heterocycles. The van der Waals surface area contributed by atoms with Crippen LogP contribution in [0, 0.1) is 0 Å². The number of allylic oxidation sites excluding steroid dienone is 4. The zero-order valence-corrected chi connectivity index (χ0v) is 31.0. The lowest BCUT2D eigenvalue weighted by Crippen LogP contribution is -2.47. The lowest BCUT2D eigenvalue weighted by Gasteiger charge is -2.18. The predicted molar refractivity (Wildman–Crippen MR) is 201 cm³/mol. The molecule has 0 rings (SSSR count). The van der Waals surface area contributed by atoms with Gasteiger partial charge in [-0.1, -0.05) is 147 Å². The van der Waals surface area contributed by atoms with Crippen molar-refractivity contribution in [1.82, 2.24) is 10.6 Å². The maximum atomic E-state index is 12.7. The SMILES string of the molecule is CCCCCCCC/C=C\CCCCCCCC(=O)NC(CCC(=O)O)C(=O)NCCCCCCC/C=C\CCCCCCCCC. The van der Waals surface area contributed by atoms with Gasteiger partial charge in [0.15, 0.2) is 0 Å². The molecular formula is C41H76N2O4. The van der Waals surface area contributed by atoms with Crippen molar-refractivity contribution in [2.45, 2.75) is 213 Å². The lowest BCUT2D eigenvalue weighted by atomic mass is 10.1. The molecule has 0 spiro atoms. The van der Waals surface area contributed by atoms with E-state index in [0.717, 1.165) is 51.4 Å². The molecular weight excluding hydrogens is 584 g/mol. The number of rotatable bonds is 36. The average Bonchev–Trinajstić information content (AvgIpc) is 3.06. The van der Waals surface area contributed by atoms with E-state index in [1.54, 1.807) is 0 Å². The van der Waals surface area contributed by atoms with Crippen molar-refractivity contribution in [3.05, 3.63) is 24.3 Å². The van der Waals surface area contributed by atoms with Crippen molar-refractivity contribution in [1.29, 1.82) is 0 Å². The zero-order chi connectivity index (χ0) is 34.5. The van der Waals surface area contributed by atoms with Crippen LogP contribution in [-0.4, -0.2) is 35.5 Å². The molecule has 0 saturated heterocycles. The third-order valence-corrected chi connectivity index (χ3v) is 8.95. The first-order valence-corrected chi connectivity index (χ1v) is 20.1. The summed E-state index contributed by atoms with van der Waals surface area (Å²) in [6.07, 6.45) is 42.7. The van der Waals surface area contributed by atoms with Crippen molar-refractivity contribution in [2.75, 3.05) is 6.54 Å². The quantitative estimate of drug-likeness (QED) is 0.0460. The van der Waals surface area contributed by atoms with Gasteiger partial charge < -0.3 is 15.7 Å². The summed E-state index contributed by atoms with van der Waals surface area (Å²) in [4.78, 5) is 36.4. The monoisotopic (exact) mass is 661 g/mol. The number of carbonyl (C=O) groups excluding carboxylic acids is 2. The second kappa shape index (κ2) is 36.7. The Morgan fingerprint density at radius 2 is 0.894 bits per heavy atom. The van der Waals surface area contributed by atoms with Crippen LogP contribution >= 0.6 is 0 Å². The van der Waals surface area contributed by atoms with Crippen LogP contribution in [0.2, 0.25) is 0 Å². The van der Waals surface area contributed by atoms with Crippen LogP contribution in [0.4, 0.5) is 0 Å². The summed E-state index contributed by atoms with van der Waals surface area (Å²) >= 11 is 0. The summed E-state index contributed by atoms with van der Waals surface area (Å²) in [7, 11) is 0. The van der Waals surface area contributed by atoms with E-state index in [-0.39, 0.29) is 24.7 Å². The number of carboxylic acid groups (broad SMARTS) is 1. The first-order chi connectivity index (χ1) is 23.0. The van der Waals surface area contributed by atoms with E-state index in [2.05, 4.69) is 48.8 Å². The van der Waals surface area contributed by atoms with Gasteiger partial charge in [0, 0.05) is 19.4 Å². The Labute approximate surface area is 290 Å². The van der Waals surface area contributed by atoms with Gasteiger partial charge in [0.1, 0.15) is 6.04 Å². The van der Waals surface area contributed by atoms with E-state index in [4.69, 9.17) is 5.11 Å². The highest BCUT2D eigenvalue weighted by atomic mass is 16.4. The van der Waals surface area contributed by atoms with Gasteiger partial charge in [0.2, 0.25) is 11.8 Å². The Balaban J connectivity index is 3.88. The van der Waals surface area contributed by atoms with Gasteiger partial charge in [-0.05, 0) is 70.6 Å². The van der Waals surface area contributed by atoms with Gasteiger partial charge in [-0.3, -0.25) is 14.4 Å². The predicted octanol–water partition coefficient (Wildman–Crippen LogP) is 11.5. The molecule has 3 N–H and O–H groups in total. The summed E-state index contributed by atoms with van der Waals surface area (Å²) in [5.41, 5.74) is 0. The fraction of sp³-hybridized carbons (Fsp3) is 0.829. The molecule has 6 nitrogen and oxygen atoms in total. The van der Waals surface area contributed by atoms with Gasteiger partial charge in [-0.25, -0.2) is 0 Å². The molecule has 0 aromatic rings. The minimum atomic E-state index is -0.957. The summed E-state index contributed by atoms with van der Waals surface area (Å²) in [6.45, 7) is 5.08. The zero-order valence-electron chi connectivity index (χ0n) is 31.0. The van der Waals surface area contributed by atoms with Crippen LogP contribution in [0.3, 0.4) is 0 Å². The summed E-state index contributed by atoms with van der Waals surface area (Å²) in [6, 6.07) is -0.783. The molecule has 47 heavy (non-hydrogen) atoms. The highest BCUT2D eigenvalue weighted by Gasteiger charge is 2.21. The van der Waals surface area contributed by atoms with Gasteiger partial charge in [0.25, 0.3) is 0 Å². The van der Waals surface area contributed by atoms with Gasteiger partial charge in [-0.15, -0.1) is 0 Å². The fourth-order valence-corrected chi connectivity index (χ4v) is 5.87. The Morgan fingerprint density at radius 1 is 0.511 bits per heavy atom. The Bertz CT molecular complexity index is 779. The number of carboxylic acids is 1. The molecule has 1 unspecified atom stereocenters. The molecule has 0 aliphatic rings. The number of hydrogen-bond donors (Lipinski definition) is 3. The van der Waals surface area contributed by atoms with Crippen molar-refractivity contribution in [3.63, 3.8) is 0 Å². The smallest absolute Gasteiger partial charge is 0.303 e. The topological polar surface area (TPSA) is 95.5 Å². The van der Waals surface area contributed by atoms with Crippen molar-refractivity contribution >= 4 is 17.8 Å². The second-order valence-corrected chi connectivity index (χ2v) is 13.6.